The van der Waals surface area contributed by atoms with Crippen LogP contribution in [0.15, 0.2) is 22.8 Å². The monoisotopic (exact) mass is 256 g/mol. The van der Waals surface area contributed by atoms with Crippen molar-refractivity contribution >= 4 is 15.9 Å². The number of ether oxygens (including phenoxy) is 1. The molecule has 1 aromatic heterocycles. The quantitative estimate of drug-likeness (QED) is 0.882. The molecule has 1 saturated carbocycles. The highest BCUT2D eigenvalue weighted by molar-refractivity contribution is 9.10. The van der Waals surface area contributed by atoms with Gasteiger partial charge in [-0.25, -0.2) is 4.98 Å². The molecular weight excluding hydrogens is 244 g/mol. The summed E-state index contributed by atoms with van der Waals surface area (Å²) in [7, 11) is 0. The minimum atomic E-state index is 0.249. The van der Waals surface area contributed by atoms with E-state index in [4.69, 9.17) is 10.5 Å². The lowest BCUT2D eigenvalue weighted by molar-refractivity contribution is 0.199. The molecule has 1 aliphatic rings. The van der Waals surface area contributed by atoms with Crippen molar-refractivity contribution < 1.29 is 4.74 Å². The number of nitrogens with two attached hydrogens (primary N) is 1. The summed E-state index contributed by atoms with van der Waals surface area (Å²) in [5, 5.41) is 0. The first-order valence-corrected chi connectivity index (χ1v) is 5.57. The molecule has 0 amide bonds. The van der Waals surface area contributed by atoms with Gasteiger partial charge in [0.05, 0.1) is 0 Å². The third-order valence-corrected chi connectivity index (χ3v) is 2.88. The number of aromatic nitrogens is 1. The van der Waals surface area contributed by atoms with Gasteiger partial charge < -0.3 is 10.5 Å². The summed E-state index contributed by atoms with van der Waals surface area (Å²) in [6.07, 6.45) is 5.03. The van der Waals surface area contributed by atoms with Crippen LogP contribution in [-0.2, 0) is 0 Å². The molecule has 2 atom stereocenters. The molecule has 4 heteroatoms. The molecule has 76 valence electrons. The largest absolute Gasteiger partial charge is 0.474 e. The van der Waals surface area contributed by atoms with Gasteiger partial charge in [0.1, 0.15) is 6.10 Å². The van der Waals surface area contributed by atoms with E-state index in [1.54, 1.807) is 6.20 Å². The average Bonchev–Trinajstić information content (AvgIpc) is 2.56. The van der Waals surface area contributed by atoms with Gasteiger partial charge in [-0.15, -0.1) is 0 Å². The van der Waals surface area contributed by atoms with Crippen LogP contribution in [-0.4, -0.2) is 17.1 Å². The predicted octanol–water partition coefficient (Wildman–Crippen LogP) is 2.10. The Morgan fingerprint density at radius 3 is 2.86 bits per heavy atom. The first kappa shape index (κ1) is 9.93. The van der Waals surface area contributed by atoms with Gasteiger partial charge >= 0.3 is 0 Å². The van der Waals surface area contributed by atoms with Gasteiger partial charge in [0.2, 0.25) is 5.88 Å². The molecule has 0 bridgehead atoms. The van der Waals surface area contributed by atoms with Crippen molar-refractivity contribution in [2.24, 2.45) is 5.73 Å². The Morgan fingerprint density at radius 1 is 1.43 bits per heavy atom. The van der Waals surface area contributed by atoms with Crippen LogP contribution in [0.5, 0.6) is 5.88 Å². The summed E-state index contributed by atoms with van der Waals surface area (Å²) < 4.78 is 6.65. The van der Waals surface area contributed by atoms with Gasteiger partial charge in [-0.2, -0.15) is 0 Å². The smallest absolute Gasteiger partial charge is 0.213 e. The van der Waals surface area contributed by atoms with Crippen LogP contribution in [0, 0.1) is 0 Å². The number of hydrogen-bond donors (Lipinski definition) is 1. The Morgan fingerprint density at radius 2 is 2.29 bits per heavy atom. The van der Waals surface area contributed by atoms with Crippen LogP contribution in [0.25, 0.3) is 0 Å². The highest BCUT2D eigenvalue weighted by atomic mass is 79.9. The highest BCUT2D eigenvalue weighted by Crippen LogP contribution is 2.22. The van der Waals surface area contributed by atoms with Crippen molar-refractivity contribution in [3.8, 4) is 5.88 Å². The fraction of sp³-hybridized carbons (Fsp3) is 0.500. The standard InChI is InChI=1S/C10H13BrN2O/c11-7-1-4-10(13-6-7)14-9-3-2-8(12)5-9/h1,4,6,8-9H,2-3,5,12H2/t8-,9-/m0/s1. The summed E-state index contributed by atoms with van der Waals surface area (Å²) in [6.45, 7) is 0. The number of nitrogens with zero attached hydrogens (tertiary/aromatic N) is 1. The third-order valence-electron chi connectivity index (χ3n) is 2.41. The Bertz CT molecular complexity index is 301. The molecule has 1 heterocycles. The fourth-order valence-corrected chi connectivity index (χ4v) is 1.92. The number of pyridine rings is 1. The Labute approximate surface area is 91.8 Å². The number of halogens is 1. The van der Waals surface area contributed by atoms with E-state index in [2.05, 4.69) is 20.9 Å². The summed E-state index contributed by atoms with van der Waals surface area (Å²) in [5.41, 5.74) is 5.79. The Hall–Kier alpha value is -0.610. The number of hydrogen-bond acceptors (Lipinski definition) is 3. The van der Waals surface area contributed by atoms with E-state index < -0.39 is 0 Å². The molecule has 2 rings (SSSR count). The molecular formula is C10H13BrN2O. The molecule has 0 unspecified atom stereocenters. The van der Waals surface area contributed by atoms with E-state index in [0.717, 1.165) is 23.7 Å². The first-order chi connectivity index (χ1) is 6.74. The van der Waals surface area contributed by atoms with E-state index in [-0.39, 0.29) is 6.10 Å². The van der Waals surface area contributed by atoms with Crippen LogP contribution in [0.2, 0.25) is 0 Å². The van der Waals surface area contributed by atoms with E-state index in [0.29, 0.717) is 11.9 Å². The molecule has 0 saturated heterocycles. The SMILES string of the molecule is N[C@H]1CC[C@H](Oc2ccc(Br)cn2)C1. The second kappa shape index (κ2) is 4.28. The lowest BCUT2D eigenvalue weighted by Gasteiger charge is -2.11. The maximum absolute atomic E-state index is 5.79. The van der Waals surface area contributed by atoms with E-state index in [1.165, 1.54) is 0 Å². The van der Waals surface area contributed by atoms with Crippen LogP contribution in [0.4, 0.5) is 0 Å². The lowest BCUT2D eigenvalue weighted by atomic mass is 10.3. The second-order valence-corrected chi connectivity index (χ2v) is 4.54. The molecule has 3 nitrogen and oxygen atoms in total. The zero-order valence-corrected chi connectivity index (χ0v) is 9.40. The van der Waals surface area contributed by atoms with Crippen molar-refractivity contribution in [1.82, 2.24) is 4.98 Å². The summed E-state index contributed by atoms with van der Waals surface area (Å²) in [6, 6.07) is 4.10. The van der Waals surface area contributed by atoms with Crippen LogP contribution < -0.4 is 10.5 Å². The van der Waals surface area contributed by atoms with E-state index in [1.807, 2.05) is 12.1 Å². The van der Waals surface area contributed by atoms with Crippen molar-refractivity contribution in [1.29, 1.82) is 0 Å². The van der Waals surface area contributed by atoms with Crippen LogP contribution >= 0.6 is 15.9 Å². The average molecular weight is 257 g/mol. The minimum absolute atomic E-state index is 0.249. The van der Waals surface area contributed by atoms with Gasteiger partial charge in [0, 0.05) is 22.8 Å². The molecule has 0 radical (unpaired) electrons. The lowest BCUT2D eigenvalue weighted by Crippen LogP contribution is -2.19. The maximum atomic E-state index is 5.79. The second-order valence-electron chi connectivity index (χ2n) is 3.63. The molecule has 14 heavy (non-hydrogen) atoms. The molecule has 1 aromatic rings. The Kier molecular flexibility index (Phi) is 3.03. The molecule has 0 aromatic carbocycles. The van der Waals surface area contributed by atoms with Gasteiger partial charge in [-0.1, -0.05) is 0 Å². The fourth-order valence-electron chi connectivity index (χ4n) is 1.68. The summed E-state index contributed by atoms with van der Waals surface area (Å²) >= 11 is 3.33. The van der Waals surface area contributed by atoms with E-state index >= 15 is 0 Å². The Balaban J connectivity index is 1.94. The highest BCUT2D eigenvalue weighted by Gasteiger charge is 2.23. The minimum Gasteiger partial charge on any atom is -0.474 e. The van der Waals surface area contributed by atoms with Crippen LogP contribution in [0.1, 0.15) is 19.3 Å². The van der Waals surface area contributed by atoms with Gasteiger partial charge in [-0.05, 0) is 41.3 Å². The molecule has 2 N–H and O–H groups in total. The van der Waals surface area contributed by atoms with Gasteiger partial charge in [0.25, 0.3) is 0 Å². The predicted molar refractivity (Wildman–Crippen MR) is 58.2 cm³/mol. The zero-order chi connectivity index (χ0) is 9.97. The number of rotatable bonds is 2. The molecule has 1 fully saturated rings. The van der Waals surface area contributed by atoms with E-state index in [9.17, 15) is 0 Å². The van der Waals surface area contributed by atoms with Crippen molar-refractivity contribution in [3.63, 3.8) is 0 Å². The van der Waals surface area contributed by atoms with Crippen molar-refractivity contribution in [3.05, 3.63) is 22.8 Å². The van der Waals surface area contributed by atoms with Crippen molar-refractivity contribution in [2.45, 2.75) is 31.4 Å². The summed E-state index contributed by atoms with van der Waals surface area (Å²) in [5.74, 6) is 0.687. The molecule has 1 aliphatic carbocycles. The topological polar surface area (TPSA) is 48.1 Å². The van der Waals surface area contributed by atoms with Gasteiger partial charge in [0.15, 0.2) is 0 Å². The molecule has 0 aliphatic heterocycles. The van der Waals surface area contributed by atoms with Gasteiger partial charge in [-0.3, -0.25) is 0 Å². The van der Waals surface area contributed by atoms with Crippen molar-refractivity contribution in [2.75, 3.05) is 0 Å². The zero-order valence-electron chi connectivity index (χ0n) is 7.82. The third kappa shape index (κ3) is 2.45. The van der Waals surface area contributed by atoms with Crippen LogP contribution in [0.3, 0.4) is 0 Å². The summed E-state index contributed by atoms with van der Waals surface area (Å²) in [4.78, 5) is 4.16. The molecule has 0 spiro atoms. The normalized spacial score (nSPS) is 26.4. The first-order valence-electron chi connectivity index (χ1n) is 4.78. The maximum Gasteiger partial charge on any atom is 0.213 e.